The van der Waals surface area contributed by atoms with Crippen LogP contribution >= 0.6 is 0 Å². The van der Waals surface area contributed by atoms with Crippen LogP contribution in [0.1, 0.15) is 60.5 Å². The van der Waals surface area contributed by atoms with E-state index in [1.807, 2.05) is 60.8 Å². The minimum absolute atomic E-state index is 0.0102. The van der Waals surface area contributed by atoms with E-state index in [2.05, 4.69) is 22.2 Å². The monoisotopic (exact) mass is 547 g/mol. The third kappa shape index (κ3) is 8.96. The topological polar surface area (TPSA) is 121 Å². The number of carboxylic acids is 1. The van der Waals surface area contributed by atoms with Crippen molar-refractivity contribution in [3.63, 3.8) is 0 Å². The van der Waals surface area contributed by atoms with Crippen molar-refractivity contribution in [3.05, 3.63) is 95.3 Å². The number of likely N-dealkylation sites (N-methyl/N-ethyl adjacent to an activating group) is 1. The number of aliphatic carboxylic acids is 1. The largest absolute Gasteiger partial charge is 0.481 e. The first-order chi connectivity index (χ1) is 19.4. The molecule has 9 heteroatoms. The molecule has 0 radical (unpaired) electrons. The summed E-state index contributed by atoms with van der Waals surface area (Å²) in [5.41, 5.74) is 4.38. The van der Waals surface area contributed by atoms with Crippen LogP contribution in [0.15, 0.2) is 72.9 Å². The number of rotatable bonds is 13. The smallest absolute Gasteiger partial charge is 0.303 e. The molecule has 1 saturated heterocycles. The van der Waals surface area contributed by atoms with Crippen molar-refractivity contribution < 1.29 is 29.3 Å². The number of anilines is 1. The Morgan fingerprint density at radius 2 is 1.75 bits per heavy atom. The number of hydrogen-bond donors (Lipinski definition) is 3. The van der Waals surface area contributed by atoms with Gasteiger partial charge in [0.2, 0.25) is 5.91 Å². The zero-order chi connectivity index (χ0) is 28.3. The van der Waals surface area contributed by atoms with E-state index >= 15 is 0 Å². The number of nitrogens with one attached hydrogen (secondary N) is 1. The molecule has 40 heavy (non-hydrogen) atoms. The summed E-state index contributed by atoms with van der Waals surface area (Å²) in [5, 5.41) is 21.0. The Hall–Kier alpha value is -3.63. The summed E-state index contributed by atoms with van der Waals surface area (Å²) >= 11 is 0. The van der Waals surface area contributed by atoms with Crippen LogP contribution in [0.4, 0.5) is 5.69 Å². The molecule has 1 amide bonds. The Kier molecular flexibility index (Phi) is 10.8. The molecule has 3 N–H and O–H groups in total. The molecular weight excluding hydrogens is 510 g/mol. The molecule has 1 aliphatic rings. The van der Waals surface area contributed by atoms with Gasteiger partial charge in [0, 0.05) is 61.9 Å². The minimum atomic E-state index is -0.912. The van der Waals surface area contributed by atoms with Crippen LogP contribution in [0.2, 0.25) is 0 Å². The Morgan fingerprint density at radius 1 is 1.00 bits per heavy atom. The highest BCUT2D eigenvalue weighted by atomic mass is 16.7. The van der Waals surface area contributed by atoms with Crippen molar-refractivity contribution in [2.45, 2.75) is 57.2 Å². The van der Waals surface area contributed by atoms with E-state index in [-0.39, 0.29) is 37.6 Å². The van der Waals surface area contributed by atoms with Gasteiger partial charge in [0.15, 0.2) is 6.29 Å². The van der Waals surface area contributed by atoms with Gasteiger partial charge in [0.05, 0.1) is 18.8 Å². The molecule has 2 heterocycles. The molecule has 0 spiro atoms. The maximum absolute atomic E-state index is 12.1. The maximum Gasteiger partial charge on any atom is 0.303 e. The lowest BCUT2D eigenvalue weighted by atomic mass is 9.99. The fourth-order valence-corrected chi connectivity index (χ4v) is 4.67. The van der Waals surface area contributed by atoms with Gasteiger partial charge in [-0.15, -0.1) is 0 Å². The van der Waals surface area contributed by atoms with E-state index in [1.165, 1.54) is 0 Å². The number of carbonyl (C=O) groups excluding carboxylic acids is 1. The average molecular weight is 548 g/mol. The van der Waals surface area contributed by atoms with Gasteiger partial charge in [-0.3, -0.25) is 14.6 Å². The lowest BCUT2D eigenvalue weighted by Gasteiger charge is -2.38. The number of aliphatic hydroxyl groups excluding tert-OH is 1. The van der Waals surface area contributed by atoms with E-state index in [9.17, 15) is 14.7 Å². The van der Waals surface area contributed by atoms with Gasteiger partial charge >= 0.3 is 5.97 Å². The molecule has 3 aromatic rings. The van der Waals surface area contributed by atoms with E-state index in [0.717, 1.165) is 41.9 Å². The summed E-state index contributed by atoms with van der Waals surface area (Å²) in [6.45, 7) is 1.56. The Balaban J connectivity index is 1.41. The summed E-state index contributed by atoms with van der Waals surface area (Å²) in [6, 6.07) is 21.1. The summed E-state index contributed by atoms with van der Waals surface area (Å²) < 4.78 is 12.8. The molecule has 1 aliphatic heterocycles. The number of amides is 1. The van der Waals surface area contributed by atoms with Crippen molar-refractivity contribution in [3.8, 4) is 0 Å². The van der Waals surface area contributed by atoms with Gasteiger partial charge in [-0.05, 0) is 48.9 Å². The van der Waals surface area contributed by atoms with Crippen LogP contribution in [-0.2, 0) is 32.1 Å². The number of pyridine rings is 1. The van der Waals surface area contributed by atoms with Crippen molar-refractivity contribution in [2.24, 2.45) is 0 Å². The number of aromatic nitrogens is 1. The molecule has 9 nitrogen and oxygen atoms in total. The number of aliphatic hydroxyl groups is 1. The number of hydrogen-bond acceptors (Lipinski definition) is 7. The van der Waals surface area contributed by atoms with Gasteiger partial charge in [-0.1, -0.05) is 42.5 Å². The fraction of sp³-hybridized carbons (Fsp3) is 0.387. The lowest BCUT2D eigenvalue weighted by Crippen LogP contribution is -2.38. The van der Waals surface area contributed by atoms with Crippen LogP contribution < -0.4 is 5.32 Å². The van der Waals surface area contributed by atoms with Crippen LogP contribution in [0.5, 0.6) is 0 Å². The van der Waals surface area contributed by atoms with Gasteiger partial charge in [-0.25, -0.2) is 0 Å². The van der Waals surface area contributed by atoms with Gasteiger partial charge in [0.1, 0.15) is 0 Å². The highest BCUT2D eigenvalue weighted by molar-refractivity contribution is 5.90. The molecule has 2 aromatic carbocycles. The quantitative estimate of drug-likeness (QED) is 0.286. The number of ether oxygens (including phenoxy) is 2. The number of carbonyl (C=O) groups is 2. The Bertz CT molecular complexity index is 1220. The molecule has 0 saturated carbocycles. The van der Waals surface area contributed by atoms with E-state index in [4.69, 9.17) is 14.6 Å². The van der Waals surface area contributed by atoms with Gasteiger partial charge < -0.3 is 29.9 Å². The first-order valence-electron chi connectivity index (χ1n) is 13.6. The first-order valence-corrected chi connectivity index (χ1v) is 13.6. The van der Waals surface area contributed by atoms with E-state index in [0.29, 0.717) is 18.5 Å². The normalized spacial score (nSPS) is 18.9. The molecule has 0 aliphatic carbocycles. The van der Waals surface area contributed by atoms with Crippen molar-refractivity contribution in [1.82, 2.24) is 9.88 Å². The van der Waals surface area contributed by atoms with Crippen molar-refractivity contribution in [2.75, 3.05) is 25.5 Å². The van der Waals surface area contributed by atoms with E-state index in [1.54, 1.807) is 12.1 Å². The predicted molar refractivity (Wildman–Crippen MR) is 150 cm³/mol. The summed E-state index contributed by atoms with van der Waals surface area (Å²) in [5.74, 6) is -1.13. The maximum atomic E-state index is 12.1. The molecule has 0 bridgehead atoms. The fourth-order valence-electron chi connectivity index (χ4n) is 4.67. The van der Waals surface area contributed by atoms with Crippen LogP contribution in [0.25, 0.3) is 0 Å². The number of benzene rings is 2. The predicted octanol–water partition coefficient (Wildman–Crippen LogP) is 4.49. The van der Waals surface area contributed by atoms with Crippen LogP contribution in [-0.4, -0.2) is 58.2 Å². The highest BCUT2D eigenvalue weighted by Crippen LogP contribution is 2.38. The van der Waals surface area contributed by atoms with Gasteiger partial charge in [0.25, 0.3) is 0 Å². The van der Waals surface area contributed by atoms with E-state index < -0.39 is 12.3 Å². The SMILES string of the molecule is CN(CCc1ccccn1)C[C@H]1C[C@@H](c2ccc(CO)cc2)O[C@@H](c2ccc(NC(=O)CCCC(=O)O)cc2)O1. The standard InChI is InChI=1S/C31H37N3O6/c1-34(18-16-25-5-2-3-17-32-25)20-27-19-28(23-10-8-22(21-35)9-11-23)40-31(39-27)24-12-14-26(15-13-24)33-29(36)6-4-7-30(37)38/h2-3,5,8-15,17,27-28,31,35H,4,6-7,16,18-21H2,1H3,(H,33,36)(H,37,38)/t27-,28+,31+/m1/s1. The lowest BCUT2D eigenvalue weighted by molar-refractivity contribution is -0.252. The zero-order valence-corrected chi connectivity index (χ0v) is 22.7. The molecule has 1 fully saturated rings. The third-order valence-corrected chi connectivity index (χ3v) is 6.87. The molecule has 212 valence electrons. The number of nitrogens with zero attached hydrogens (tertiary/aromatic N) is 2. The summed E-state index contributed by atoms with van der Waals surface area (Å²) in [4.78, 5) is 29.5. The first kappa shape index (κ1) is 29.4. The Morgan fingerprint density at radius 3 is 2.42 bits per heavy atom. The van der Waals surface area contributed by atoms with Crippen molar-refractivity contribution >= 4 is 17.6 Å². The van der Waals surface area contributed by atoms with Crippen LogP contribution in [0.3, 0.4) is 0 Å². The molecule has 3 atom stereocenters. The second kappa shape index (κ2) is 14.7. The second-order valence-electron chi connectivity index (χ2n) is 10.1. The van der Waals surface area contributed by atoms with Crippen LogP contribution in [0, 0.1) is 0 Å². The van der Waals surface area contributed by atoms with Crippen molar-refractivity contribution in [1.29, 1.82) is 0 Å². The Labute approximate surface area is 234 Å². The average Bonchev–Trinajstić information content (AvgIpc) is 2.96. The minimum Gasteiger partial charge on any atom is -0.481 e. The third-order valence-electron chi connectivity index (χ3n) is 6.87. The molecule has 0 unspecified atom stereocenters. The molecule has 4 rings (SSSR count). The summed E-state index contributed by atoms with van der Waals surface area (Å²) in [7, 11) is 2.08. The molecular formula is C31H37N3O6. The number of carboxylic acid groups (broad SMARTS) is 1. The molecule has 1 aromatic heterocycles. The van der Waals surface area contributed by atoms with Gasteiger partial charge in [-0.2, -0.15) is 0 Å². The summed E-state index contributed by atoms with van der Waals surface area (Å²) in [6.07, 6.45) is 2.89. The highest BCUT2D eigenvalue weighted by Gasteiger charge is 2.32. The second-order valence-corrected chi connectivity index (χ2v) is 10.1. The zero-order valence-electron chi connectivity index (χ0n) is 22.7.